The minimum absolute atomic E-state index is 0.220. The van der Waals surface area contributed by atoms with Gasteiger partial charge in [0.05, 0.1) is 6.42 Å². The largest absolute Gasteiger partial charge is 0.490 e. The second-order valence-electron chi connectivity index (χ2n) is 8.45. The maximum atomic E-state index is 12.6. The number of hydrogen-bond donors (Lipinski definition) is 1. The summed E-state index contributed by atoms with van der Waals surface area (Å²) in [6, 6.07) is 15.6. The van der Waals surface area contributed by atoms with Gasteiger partial charge >= 0.3 is 12.1 Å². The fourth-order valence-electron chi connectivity index (χ4n) is 4.20. The zero-order valence-corrected chi connectivity index (χ0v) is 19.1. The van der Waals surface area contributed by atoms with E-state index in [9.17, 15) is 18.0 Å². The van der Waals surface area contributed by atoms with E-state index in [-0.39, 0.29) is 11.3 Å². The third kappa shape index (κ3) is 7.09. The lowest BCUT2D eigenvalue weighted by molar-refractivity contribution is -0.192. The van der Waals surface area contributed by atoms with Crippen LogP contribution in [0, 0.1) is 5.41 Å². The number of carboxylic acid groups (broad SMARTS) is 1. The van der Waals surface area contributed by atoms with Crippen molar-refractivity contribution in [2.24, 2.45) is 5.41 Å². The monoisotopic (exact) mass is 502 g/mol. The van der Waals surface area contributed by atoms with Crippen molar-refractivity contribution in [2.75, 3.05) is 26.2 Å². The second-order valence-corrected chi connectivity index (χ2v) is 9.32. The van der Waals surface area contributed by atoms with E-state index in [2.05, 4.69) is 11.0 Å². The third-order valence-electron chi connectivity index (χ3n) is 5.72. The fourth-order valence-corrected chi connectivity index (χ4v) is 4.54. The number of alkyl halides is 3. The van der Waals surface area contributed by atoms with E-state index in [0.29, 0.717) is 11.4 Å². The predicted molar refractivity (Wildman–Crippen MR) is 119 cm³/mol. The first-order chi connectivity index (χ1) is 15.5. The van der Waals surface area contributed by atoms with Gasteiger partial charge in [-0.25, -0.2) is 4.79 Å². The van der Waals surface area contributed by atoms with Gasteiger partial charge in [0.25, 0.3) is 0 Å². The van der Waals surface area contributed by atoms with Gasteiger partial charge < -0.3 is 10.0 Å². The zero-order chi connectivity index (χ0) is 24.2. The van der Waals surface area contributed by atoms with Crippen molar-refractivity contribution >= 4 is 35.1 Å². The first-order valence-corrected chi connectivity index (χ1v) is 11.0. The predicted octanol–water partition coefficient (Wildman–Crippen LogP) is 4.90. The number of rotatable bonds is 4. The SMILES string of the molecule is O=C(Cc1ccc(Cl)cc1)N1CCC2(CN(Cc3cccc(Cl)c3)C2)C1.O=C(O)C(F)(F)F. The van der Waals surface area contributed by atoms with Crippen LogP contribution in [-0.4, -0.2) is 59.1 Å². The van der Waals surface area contributed by atoms with E-state index in [1.165, 1.54) is 5.56 Å². The van der Waals surface area contributed by atoms with Gasteiger partial charge in [0, 0.05) is 48.2 Å². The Labute approximate surface area is 199 Å². The number of halogens is 5. The van der Waals surface area contributed by atoms with E-state index >= 15 is 0 Å². The van der Waals surface area contributed by atoms with Crippen LogP contribution in [0.3, 0.4) is 0 Å². The summed E-state index contributed by atoms with van der Waals surface area (Å²) in [7, 11) is 0. The molecule has 1 amide bonds. The summed E-state index contributed by atoms with van der Waals surface area (Å²) < 4.78 is 31.7. The molecular weight excluding hydrogens is 480 g/mol. The normalized spacial score (nSPS) is 17.3. The fraction of sp³-hybridized carbons (Fsp3) is 0.391. The highest BCUT2D eigenvalue weighted by Crippen LogP contribution is 2.40. The molecule has 2 aliphatic rings. The number of carboxylic acids is 1. The summed E-state index contributed by atoms with van der Waals surface area (Å²) in [5.41, 5.74) is 2.56. The highest BCUT2D eigenvalue weighted by Gasteiger charge is 2.48. The van der Waals surface area contributed by atoms with E-state index < -0.39 is 12.1 Å². The molecule has 2 fully saturated rings. The van der Waals surface area contributed by atoms with Gasteiger partial charge in [-0.2, -0.15) is 13.2 Å². The Morgan fingerprint density at radius 2 is 1.61 bits per heavy atom. The Kier molecular flexibility index (Phi) is 7.92. The maximum Gasteiger partial charge on any atom is 0.490 e. The molecular formula is C23H23Cl2F3N2O3. The van der Waals surface area contributed by atoms with Crippen LogP contribution in [0.5, 0.6) is 0 Å². The van der Waals surface area contributed by atoms with Crippen LogP contribution in [0.25, 0.3) is 0 Å². The first-order valence-electron chi connectivity index (χ1n) is 10.2. The number of amides is 1. The summed E-state index contributed by atoms with van der Waals surface area (Å²) in [6.07, 6.45) is -3.52. The molecule has 5 nitrogen and oxygen atoms in total. The van der Waals surface area contributed by atoms with E-state index in [4.69, 9.17) is 33.1 Å². The first kappa shape index (κ1) is 25.3. The van der Waals surface area contributed by atoms with Crippen LogP contribution in [-0.2, 0) is 22.6 Å². The number of carbonyl (C=O) groups is 2. The lowest BCUT2D eigenvalue weighted by Gasteiger charge is -2.48. The maximum absolute atomic E-state index is 12.6. The van der Waals surface area contributed by atoms with E-state index in [1.807, 2.05) is 47.4 Å². The van der Waals surface area contributed by atoms with Gasteiger partial charge in [0.1, 0.15) is 0 Å². The molecule has 4 rings (SSSR count). The molecule has 0 atom stereocenters. The van der Waals surface area contributed by atoms with Crippen molar-refractivity contribution in [1.82, 2.24) is 9.80 Å². The lowest BCUT2D eigenvalue weighted by Crippen LogP contribution is -2.57. The Balaban J connectivity index is 0.000000383. The molecule has 1 spiro atoms. The molecule has 2 aliphatic heterocycles. The number of nitrogens with zero attached hydrogens (tertiary/aromatic N) is 2. The lowest BCUT2D eigenvalue weighted by atomic mass is 9.79. The van der Waals surface area contributed by atoms with Crippen molar-refractivity contribution in [3.63, 3.8) is 0 Å². The Bertz CT molecular complexity index is 993. The molecule has 2 aromatic rings. The van der Waals surface area contributed by atoms with Crippen molar-refractivity contribution in [3.05, 3.63) is 69.7 Å². The quantitative estimate of drug-likeness (QED) is 0.645. The number of carbonyl (C=O) groups excluding carboxylic acids is 1. The van der Waals surface area contributed by atoms with Crippen LogP contribution in [0.15, 0.2) is 48.5 Å². The van der Waals surface area contributed by atoms with E-state index in [1.54, 1.807) is 0 Å². The van der Waals surface area contributed by atoms with Gasteiger partial charge in [-0.1, -0.05) is 47.5 Å². The second kappa shape index (κ2) is 10.3. The van der Waals surface area contributed by atoms with Gasteiger partial charge in [-0.3, -0.25) is 9.69 Å². The molecule has 2 aromatic carbocycles. The smallest absolute Gasteiger partial charge is 0.475 e. The van der Waals surface area contributed by atoms with Crippen LogP contribution in [0.2, 0.25) is 10.0 Å². The molecule has 0 radical (unpaired) electrons. The van der Waals surface area contributed by atoms with Gasteiger partial charge in [-0.05, 0) is 41.8 Å². The molecule has 0 aromatic heterocycles. The number of aliphatic carboxylic acids is 1. The molecule has 1 N–H and O–H groups in total. The molecule has 2 heterocycles. The van der Waals surface area contributed by atoms with Gasteiger partial charge in [0.15, 0.2) is 0 Å². The number of likely N-dealkylation sites (tertiary alicyclic amines) is 2. The Morgan fingerprint density at radius 1 is 0.970 bits per heavy atom. The molecule has 33 heavy (non-hydrogen) atoms. The number of benzene rings is 2. The molecule has 0 bridgehead atoms. The summed E-state index contributed by atoms with van der Waals surface area (Å²) in [4.78, 5) is 26.0. The average Bonchev–Trinajstić information content (AvgIpc) is 3.15. The number of hydrogen-bond acceptors (Lipinski definition) is 3. The van der Waals surface area contributed by atoms with Crippen molar-refractivity contribution in [3.8, 4) is 0 Å². The highest BCUT2D eigenvalue weighted by atomic mass is 35.5. The van der Waals surface area contributed by atoms with Crippen molar-refractivity contribution in [1.29, 1.82) is 0 Å². The van der Waals surface area contributed by atoms with Crippen LogP contribution < -0.4 is 0 Å². The van der Waals surface area contributed by atoms with Crippen LogP contribution >= 0.6 is 23.2 Å². The van der Waals surface area contributed by atoms with Crippen LogP contribution in [0.4, 0.5) is 13.2 Å². The summed E-state index contributed by atoms with van der Waals surface area (Å²) >= 11 is 12.0. The summed E-state index contributed by atoms with van der Waals surface area (Å²) in [5, 5.41) is 8.62. The molecule has 178 valence electrons. The zero-order valence-electron chi connectivity index (χ0n) is 17.6. The molecule has 10 heteroatoms. The summed E-state index contributed by atoms with van der Waals surface area (Å²) in [5.74, 6) is -2.54. The standard InChI is InChI=1S/C21H22Cl2N2O.C2HF3O2/c22-18-6-4-16(5-7-18)11-20(26)25-9-8-21(15-25)13-24(14-21)12-17-2-1-3-19(23)10-17;3-2(4,5)1(6)7/h1-7,10H,8-9,11-15H2;(H,6,7). The van der Waals surface area contributed by atoms with Crippen molar-refractivity contribution < 1.29 is 27.9 Å². The van der Waals surface area contributed by atoms with E-state index in [0.717, 1.165) is 49.7 Å². The molecule has 0 saturated carbocycles. The summed E-state index contributed by atoms with van der Waals surface area (Å²) in [6.45, 7) is 4.80. The minimum atomic E-state index is -5.08. The minimum Gasteiger partial charge on any atom is -0.475 e. The van der Waals surface area contributed by atoms with Gasteiger partial charge in [0.2, 0.25) is 5.91 Å². The Hall–Kier alpha value is -2.29. The Morgan fingerprint density at radius 3 is 2.18 bits per heavy atom. The molecule has 0 unspecified atom stereocenters. The molecule has 0 aliphatic carbocycles. The molecule has 2 saturated heterocycles. The highest BCUT2D eigenvalue weighted by molar-refractivity contribution is 6.30. The van der Waals surface area contributed by atoms with Gasteiger partial charge in [-0.15, -0.1) is 0 Å². The topological polar surface area (TPSA) is 60.9 Å². The third-order valence-corrected chi connectivity index (χ3v) is 6.20. The van der Waals surface area contributed by atoms with Crippen molar-refractivity contribution in [2.45, 2.75) is 25.6 Å². The van der Waals surface area contributed by atoms with Crippen LogP contribution in [0.1, 0.15) is 17.5 Å². The average molecular weight is 503 g/mol.